The summed E-state index contributed by atoms with van der Waals surface area (Å²) in [6.07, 6.45) is 0.809. The van der Waals surface area contributed by atoms with E-state index in [1.807, 2.05) is 4.90 Å². The number of carbonyl (C=O) groups is 1. The van der Waals surface area contributed by atoms with Gasteiger partial charge in [0.1, 0.15) is 23.7 Å². The van der Waals surface area contributed by atoms with Gasteiger partial charge in [-0.25, -0.2) is 22.2 Å². The maximum absolute atomic E-state index is 14.4. The lowest BCUT2D eigenvalue weighted by molar-refractivity contribution is 0.112. The molecule has 2 fully saturated rings. The van der Waals surface area contributed by atoms with E-state index in [0.717, 1.165) is 12.3 Å². The summed E-state index contributed by atoms with van der Waals surface area (Å²) in [5.41, 5.74) is 0.560. The summed E-state index contributed by atoms with van der Waals surface area (Å²) >= 11 is 0. The molecule has 154 valence electrons. The van der Waals surface area contributed by atoms with Crippen molar-refractivity contribution in [2.45, 2.75) is 19.0 Å². The zero-order valence-electron chi connectivity index (χ0n) is 15.4. The molecule has 2 unspecified atom stereocenters. The minimum absolute atomic E-state index is 0.0656. The number of ether oxygens (including phenoxy) is 1. The maximum atomic E-state index is 14.4. The van der Waals surface area contributed by atoms with Crippen molar-refractivity contribution in [3.63, 3.8) is 0 Å². The van der Waals surface area contributed by atoms with Gasteiger partial charge < -0.3 is 9.64 Å². The SMILES string of the molecule is O=Cc1ccc(CN(c2ccc(F)cn2)C2OC2N2CCS(=O)(=O)CC2)c(F)c1. The van der Waals surface area contributed by atoms with Crippen molar-refractivity contribution in [2.75, 3.05) is 29.5 Å². The zero-order valence-corrected chi connectivity index (χ0v) is 16.2. The number of benzene rings is 1. The Hall–Kier alpha value is -2.43. The number of rotatable bonds is 6. The van der Waals surface area contributed by atoms with Crippen LogP contribution >= 0.6 is 0 Å². The predicted octanol–water partition coefficient (Wildman–Crippen LogP) is 1.59. The number of sulfone groups is 1. The van der Waals surface area contributed by atoms with Gasteiger partial charge in [-0.05, 0) is 18.2 Å². The number of nitrogens with zero attached hydrogens (tertiary/aromatic N) is 3. The van der Waals surface area contributed by atoms with Gasteiger partial charge in [0.2, 0.25) is 0 Å². The molecule has 0 bridgehead atoms. The molecule has 0 radical (unpaired) electrons. The Kier molecular flexibility index (Phi) is 5.32. The third-order valence-electron chi connectivity index (χ3n) is 5.05. The first-order valence-electron chi connectivity index (χ1n) is 9.08. The van der Waals surface area contributed by atoms with Gasteiger partial charge >= 0.3 is 0 Å². The van der Waals surface area contributed by atoms with Gasteiger partial charge in [0.25, 0.3) is 0 Å². The molecule has 2 atom stereocenters. The number of aromatic nitrogens is 1. The van der Waals surface area contributed by atoms with Crippen LogP contribution in [0.3, 0.4) is 0 Å². The monoisotopic (exact) mass is 423 g/mol. The topological polar surface area (TPSA) is 83.1 Å². The van der Waals surface area contributed by atoms with E-state index in [1.54, 1.807) is 4.90 Å². The van der Waals surface area contributed by atoms with Gasteiger partial charge in [0.05, 0.1) is 17.7 Å². The van der Waals surface area contributed by atoms with E-state index >= 15 is 0 Å². The van der Waals surface area contributed by atoms with Gasteiger partial charge in [-0.1, -0.05) is 12.1 Å². The lowest BCUT2D eigenvalue weighted by Crippen LogP contribution is -2.44. The van der Waals surface area contributed by atoms with E-state index in [4.69, 9.17) is 4.74 Å². The van der Waals surface area contributed by atoms with Gasteiger partial charge in [-0.15, -0.1) is 0 Å². The number of hydrogen-bond acceptors (Lipinski definition) is 7. The number of anilines is 1. The minimum Gasteiger partial charge on any atom is -0.331 e. The molecule has 29 heavy (non-hydrogen) atoms. The van der Waals surface area contributed by atoms with Crippen LogP contribution in [0, 0.1) is 11.6 Å². The van der Waals surface area contributed by atoms with E-state index in [0.29, 0.717) is 30.8 Å². The fraction of sp³-hybridized carbons (Fsp3) is 0.368. The molecule has 0 N–H and O–H groups in total. The molecule has 0 spiro atoms. The molecule has 0 aliphatic carbocycles. The smallest absolute Gasteiger partial charge is 0.174 e. The first kappa shape index (κ1) is 19.9. The molecule has 2 aliphatic heterocycles. The van der Waals surface area contributed by atoms with Crippen molar-refractivity contribution in [1.29, 1.82) is 0 Å². The van der Waals surface area contributed by atoms with Crippen LogP contribution < -0.4 is 4.90 Å². The molecule has 0 saturated carbocycles. The van der Waals surface area contributed by atoms with E-state index < -0.39 is 27.7 Å². The van der Waals surface area contributed by atoms with Crippen LogP contribution in [0.15, 0.2) is 36.5 Å². The second kappa shape index (κ2) is 7.77. The summed E-state index contributed by atoms with van der Waals surface area (Å²) in [4.78, 5) is 18.5. The third kappa shape index (κ3) is 4.44. The predicted molar refractivity (Wildman–Crippen MR) is 101 cm³/mol. The van der Waals surface area contributed by atoms with E-state index in [1.165, 1.54) is 24.3 Å². The molecule has 2 saturated heterocycles. The van der Waals surface area contributed by atoms with E-state index in [2.05, 4.69) is 4.98 Å². The minimum atomic E-state index is -3.02. The van der Waals surface area contributed by atoms with Crippen LogP contribution in [0.2, 0.25) is 0 Å². The number of hydrogen-bond donors (Lipinski definition) is 0. The quantitative estimate of drug-likeness (QED) is 0.515. The van der Waals surface area contributed by atoms with Gasteiger partial charge in [-0.3, -0.25) is 9.69 Å². The Bertz CT molecular complexity index is 1000. The van der Waals surface area contributed by atoms with Crippen LogP contribution in [0.25, 0.3) is 0 Å². The van der Waals surface area contributed by atoms with Gasteiger partial charge in [0.15, 0.2) is 22.3 Å². The summed E-state index contributed by atoms with van der Waals surface area (Å²) in [5.74, 6) is -0.498. The second-order valence-electron chi connectivity index (χ2n) is 7.04. The molecule has 1 aromatic carbocycles. The molecular formula is C19H19F2N3O4S. The maximum Gasteiger partial charge on any atom is 0.174 e. The molecule has 7 nitrogen and oxygen atoms in total. The van der Waals surface area contributed by atoms with Crippen molar-refractivity contribution >= 4 is 21.9 Å². The molecule has 2 aliphatic rings. The highest BCUT2D eigenvalue weighted by Crippen LogP contribution is 2.34. The number of carbonyl (C=O) groups excluding carboxylic acids is 1. The summed E-state index contributed by atoms with van der Waals surface area (Å²) in [7, 11) is -3.02. The van der Waals surface area contributed by atoms with Crippen molar-refractivity contribution in [1.82, 2.24) is 9.88 Å². The standard InChI is InChI=1S/C19H19F2N3O4S/c20-15-3-4-17(22-10-15)24(11-14-2-1-13(12-25)9-16(14)21)19-18(28-19)23-5-7-29(26,27)8-6-23/h1-4,9-10,12,18-19H,5-8,11H2. The third-order valence-corrected chi connectivity index (χ3v) is 6.66. The van der Waals surface area contributed by atoms with E-state index in [-0.39, 0.29) is 29.8 Å². The van der Waals surface area contributed by atoms with Crippen molar-refractivity contribution in [3.8, 4) is 0 Å². The summed E-state index contributed by atoms with van der Waals surface area (Å²) in [5, 5.41) is 0. The lowest BCUT2D eigenvalue weighted by Gasteiger charge is -2.27. The van der Waals surface area contributed by atoms with Crippen molar-refractivity contribution in [3.05, 3.63) is 59.3 Å². The largest absolute Gasteiger partial charge is 0.331 e. The molecule has 0 amide bonds. The molecular weight excluding hydrogens is 404 g/mol. The molecule has 1 aromatic heterocycles. The molecule has 2 aromatic rings. The Morgan fingerprint density at radius 3 is 2.59 bits per heavy atom. The summed E-state index contributed by atoms with van der Waals surface area (Å²) < 4.78 is 56.8. The van der Waals surface area contributed by atoms with Crippen molar-refractivity contribution in [2.24, 2.45) is 0 Å². The Morgan fingerprint density at radius 2 is 1.97 bits per heavy atom. The zero-order chi connectivity index (χ0) is 20.6. The van der Waals surface area contributed by atoms with Gasteiger partial charge in [-0.2, -0.15) is 0 Å². The Balaban J connectivity index is 1.55. The average Bonchev–Trinajstić information content (AvgIpc) is 3.48. The first-order valence-corrected chi connectivity index (χ1v) is 10.9. The lowest BCUT2D eigenvalue weighted by atomic mass is 10.1. The highest BCUT2D eigenvalue weighted by molar-refractivity contribution is 7.91. The van der Waals surface area contributed by atoms with Crippen LogP contribution in [0.4, 0.5) is 14.6 Å². The Labute approximate surface area is 166 Å². The Morgan fingerprint density at radius 1 is 1.21 bits per heavy atom. The van der Waals surface area contributed by atoms with Crippen LogP contribution in [0.1, 0.15) is 15.9 Å². The number of pyridine rings is 1. The van der Waals surface area contributed by atoms with Crippen molar-refractivity contribution < 1.29 is 26.7 Å². The second-order valence-corrected chi connectivity index (χ2v) is 9.34. The summed E-state index contributed by atoms with van der Waals surface area (Å²) in [6, 6.07) is 6.92. The van der Waals surface area contributed by atoms with Crippen LogP contribution in [-0.4, -0.2) is 61.6 Å². The molecule has 10 heteroatoms. The fourth-order valence-electron chi connectivity index (χ4n) is 3.36. The first-order chi connectivity index (χ1) is 13.9. The fourth-order valence-corrected chi connectivity index (χ4v) is 4.59. The average molecular weight is 423 g/mol. The highest BCUT2D eigenvalue weighted by Gasteiger charge is 2.49. The number of epoxide rings is 1. The highest BCUT2D eigenvalue weighted by atomic mass is 32.2. The van der Waals surface area contributed by atoms with Crippen LogP contribution in [-0.2, 0) is 21.1 Å². The van der Waals surface area contributed by atoms with Gasteiger partial charge in [0, 0.05) is 30.8 Å². The summed E-state index contributed by atoms with van der Waals surface area (Å²) in [6.45, 7) is 0.810. The van der Waals surface area contributed by atoms with E-state index in [9.17, 15) is 22.0 Å². The molecule has 3 heterocycles. The van der Waals surface area contributed by atoms with Crippen LogP contribution in [0.5, 0.6) is 0 Å². The number of halogens is 2. The normalized spacial score (nSPS) is 23.5. The molecule has 4 rings (SSSR count). The number of aldehydes is 1.